The summed E-state index contributed by atoms with van der Waals surface area (Å²) in [6.45, 7) is 1.79. The fraction of sp³-hybridized carbons (Fsp3) is 0.286. The summed E-state index contributed by atoms with van der Waals surface area (Å²) in [6, 6.07) is 7.75. The first-order chi connectivity index (χ1) is 9.24. The smallest absolute Gasteiger partial charge is 0.276 e. The highest BCUT2D eigenvalue weighted by Gasteiger charge is 2.15. The summed E-state index contributed by atoms with van der Waals surface area (Å²) >= 11 is 0. The maximum atomic E-state index is 12.1. The van der Waals surface area contributed by atoms with E-state index < -0.39 is 0 Å². The molecule has 0 unspecified atom stereocenters. The number of amides is 1. The minimum Gasteiger partial charge on any atom is -0.320 e. The predicted molar refractivity (Wildman–Crippen MR) is 73.0 cm³/mol. The molecule has 2 N–H and O–H groups in total. The fourth-order valence-electron chi connectivity index (χ4n) is 2.35. The summed E-state index contributed by atoms with van der Waals surface area (Å²) < 4.78 is 1.62. The van der Waals surface area contributed by atoms with Gasteiger partial charge in [-0.2, -0.15) is 5.10 Å². The number of carbonyl (C=O) groups is 1. The lowest BCUT2D eigenvalue weighted by Gasteiger charge is -2.20. The SMILES string of the molecule is Cn1ccc(C(=O)Nc2cccc3c2CNCC3)n1. The number of rotatable bonds is 2. The van der Waals surface area contributed by atoms with E-state index in [4.69, 9.17) is 0 Å². The third kappa shape index (κ3) is 2.37. The summed E-state index contributed by atoms with van der Waals surface area (Å²) in [7, 11) is 1.80. The van der Waals surface area contributed by atoms with Gasteiger partial charge in [-0.05, 0) is 36.2 Å². The molecule has 3 rings (SSSR count). The van der Waals surface area contributed by atoms with Crippen LogP contribution >= 0.6 is 0 Å². The second kappa shape index (κ2) is 4.85. The van der Waals surface area contributed by atoms with E-state index >= 15 is 0 Å². The number of aromatic nitrogens is 2. The van der Waals surface area contributed by atoms with Gasteiger partial charge in [-0.25, -0.2) is 0 Å². The van der Waals surface area contributed by atoms with Crippen LogP contribution in [0, 0.1) is 0 Å². The van der Waals surface area contributed by atoms with Crippen LogP contribution in [0.1, 0.15) is 21.6 Å². The van der Waals surface area contributed by atoms with E-state index in [-0.39, 0.29) is 5.91 Å². The van der Waals surface area contributed by atoms with Crippen molar-refractivity contribution >= 4 is 11.6 Å². The highest BCUT2D eigenvalue weighted by molar-refractivity contribution is 6.03. The minimum atomic E-state index is -0.167. The molecule has 0 atom stereocenters. The van der Waals surface area contributed by atoms with E-state index in [0.29, 0.717) is 5.69 Å². The summed E-state index contributed by atoms with van der Waals surface area (Å²) in [6.07, 6.45) is 2.76. The Hall–Kier alpha value is -2.14. The predicted octanol–water partition coefficient (Wildman–Crippen LogP) is 1.32. The van der Waals surface area contributed by atoms with Gasteiger partial charge >= 0.3 is 0 Å². The molecule has 5 heteroatoms. The number of hydrogen-bond donors (Lipinski definition) is 2. The summed E-state index contributed by atoms with van der Waals surface area (Å²) in [5.41, 5.74) is 3.79. The van der Waals surface area contributed by atoms with Gasteiger partial charge in [-0.1, -0.05) is 12.1 Å². The van der Waals surface area contributed by atoms with Crippen LogP contribution in [-0.2, 0) is 20.0 Å². The molecule has 1 aliphatic rings. The van der Waals surface area contributed by atoms with Crippen LogP contribution in [0.25, 0.3) is 0 Å². The van der Waals surface area contributed by atoms with Gasteiger partial charge in [-0.3, -0.25) is 9.48 Å². The molecule has 1 aromatic heterocycles. The van der Waals surface area contributed by atoms with Crippen molar-refractivity contribution in [1.82, 2.24) is 15.1 Å². The van der Waals surface area contributed by atoms with Gasteiger partial charge in [0.1, 0.15) is 0 Å². The molecule has 19 heavy (non-hydrogen) atoms. The van der Waals surface area contributed by atoms with Crippen LogP contribution in [0.4, 0.5) is 5.69 Å². The van der Waals surface area contributed by atoms with Crippen LogP contribution in [0.3, 0.4) is 0 Å². The molecule has 0 radical (unpaired) electrons. The third-order valence-electron chi connectivity index (χ3n) is 3.34. The molecule has 0 fully saturated rings. The summed E-state index contributed by atoms with van der Waals surface area (Å²) in [4.78, 5) is 12.1. The zero-order valence-corrected chi connectivity index (χ0v) is 10.8. The van der Waals surface area contributed by atoms with Crippen molar-refractivity contribution < 1.29 is 4.79 Å². The number of hydrogen-bond acceptors (Lipinski definition) is 3. The van der Waals surface area contributed by atoms with Crippen LogP contribution in [0.2, 0.25) is 0 Å². The average molecular weight is 256 g/mol. The number of fused-ring (bicyclic) bond motifs is 1. The highest BCUT2D eigenvalue weighted by atomic mass is 16.1. The average Bonchev–Trinajstić information content (AvgIpc) is 2.86. The van der Waals surface area contributed by atoms with Crippen LogP contribution in [0.15, 0.2) is 30.5 Å². The molecule has 5 nitrogen and oxygen atoms in total. The Morgan fingerprint density at radius 1 is 1.42 bits per heavy atom. The molecule has 1 aromatic carbocycles. The zero-order chi connectivity index (χ0) is 13.2. The molecule has 0 aliphatic carbocycles. The van der Waals surface area contributed by atoms with E-state index in [2.05, 4.69) is 21.8 Å². The Balaban J connectivity index is 1.85. The first kappa shape index (κ1) is 11.9. The second-order valence-corrected chi connectivity index (χ2v) is 4.70. The van der Waals surface area contributed by atoms with Gasteiger partial charge in [0.05, 0.1) is 0 Å². The van der Waals surface area contributed by atoms with Gasteiger partial charge < -0.3 is 10.6 Å². The molecular weight excluding hydrogens is 240 g/mol. The van der Waals surface area contributed by atoms with Gasteiger partial charge in [0, 0.05) is 25.5 Å². The summed E-state index contributed by atoms with van der Waals surface area (Å²) in [5, 5.41) is 10.4. The van der Waals surface area contributed by atoms with Gasteiger partial charge in [0.25, 0.3) is 5.91 Å². The Bertz CT molecular complexity index is 618. The largest absolute Gasteiger partial charge is 0.320 e. The number of aryl methyl sites for hydroxylation is 1. The summed E-state index contributed by atoms with van der Waals surface area (Å²) in [5.74, 6) is -0.167. The third-order valence-corrected chi connectivity index (χ3v) is 3.34. The molecule has 98 valence electrons. The molecule has 2 aromatic rings. The molecule has 0 saturated carbocycles. The Morgan fingerprint density at radius 3 is 3.11 bits per heavy atom. The standard InChI is InChI=1S/C14H16N4O/c1-18-8-6-13(17-18)14(19)16-12-4-2-3-10-5-7-15-9-11(10)12/h2-4,6,8,15H,5,7,9H2,1H3,(H,16,19). The van der Waals surface area contributed by atoms with E-state index in [0.717, 1.165) is 25.2 Å². The number of nitrogens with one attached hydrogen (secondary N) is 2. The first-order valence-electron chi connectivity index (χ1n) is 6.36. The Labute approximate surface area is 111 Å². The topological polar surface area (TPSA) is 59.0 Å². The highest BCUT2D eigenvalue weighted by Crippen LogP contribution is 2.23. The van der Waals surface area contributed by atoms with E-state index in [9.17, 15) is 4.79 Å². The van der Waals surface area contributed by atoms with Crippen molar-refractivity contribution in [2.75, 3.05) is 11.9 Å². The minimum absolute atomic E-state index is 0.167. The maximum absolute atomic E-state index is 12.1. The van der Waals surface area contributed by atoms with Crippen LogP contribution < -0.4 is 10.6 Å². The van der Waals surface area contributed by atoms with Crippen molar-refractivity contribution in [3.8, 4) is 0 Å². The van der Waals surface area contributed by atoms with Crippen LogP contribution in [0.5, 0.6) is 0 Å². The fourth-order valence-corrected chi connectivity index (χ4v) is 2.35. The lowest BCUT2D eigenvalue weighted by molar-refractivity contribution is 0.102. The normalized spacial score (nSPS) is 13.9. The van der Waals surface area contributed by atoms with Crippen molar-refractivity contribution in [1.29, 1.82) is 0 Å². The lowest BCUT2D eigenvalue weighted by Crippen LogP contribution is -2.25. The van der Waals surface area contributed by atoms with Crippen molar-refractivity contribution in [2.45, 2.75) is 13.0 Å². The molecule has 2 heterocycles. The van der Waals surface area contributed by atoms with Crippen molar-refractivity contribution in [3.05, 3.63) is 47.3 Å². The molecule has 1 amide bonds. The molecular formula is C14H16N4O. The number of nitrogens with zero attached hydrogens (tertiary/aromatic N) is 2. The quantitative estimate of drug-likeness (QED) is 0.852. The van der Waals surface area contributed by atoms with E-state index in [1.165, 1.54) is 11.1 Å². The molecule has 0 bridgehead atoms. The van der Waals surface area contributed by atoms with E-state index in [1.807, 2.05) is 12.1 Å². The van der Waals surface area contributed by atoms with Gasteiger partial charge in [0.15, 0.2) is 5.69 Å². The number of anilines is 1. The zero-order valence-electron chi connectivity index (χ0n) is 10.8. The van der Waals surface area contributed by atoms with Crippen LogP contribution in [-0.4, -0.2) is 22.2 Å². The van der Waals surface area contributed by atoms with Gasteiger partial charge in [0.2, 0.25) is 0 Å². The van der Waals surface area contributed by atoms with Crippen molar-refractivity contribution in [2.24, 2.45) is 7.05 Å². The number of benzene rings is 1. The number of carbonyl (C=O) groups excluding carboxylic acids is 1. The monoisotopic (exact) mass is 256 g/mol. The maximum Gasteiger partial charge on any atom is 0.276 e. The lowest BCUT2D eigenvalue weighted by atomic mass is 9.99. The van der Waals surface area contributed by atoms with Gasteiger partial charge in [-0.15, -0.1) is 0 Å². The molecule has 1 aliphatic heterocycles. The second-order valence-electron chi connectivity index (χ2n) is 4.70. The van der Waals surface area contributed by atoms with E-state index in [1.54, 1.807) is 24.0 Å². The molecule has 0 saturated heterocycles. The Morgan fingerprint density at radius 2 is 2.32 bits per heavy atom. The molecule has 0 spiro atoms. The first-order valence-corrected chi connectivity index (χ1v) is 6.36. The Kier molecular flexibility index (Phi) is 3.05. The van der Waals surface area contributed by atoms with Crippen molar-refractivity contribution in [3.63, 3.8) is 0 Å².